The molecule has 1 atom stereocenters. The van der Waals surface area contributed by atoms with Crippen LogP contribution in [0.4, 0.5) is 0 Å². The molecule has 1 aromatic carbocycles. The highest BCUT2D eigenvalue weighted by Crippen LogP contribution is 2.27. The van der Waals surface area contributed by atoms with Crippen LogP contribution in [0.2, 0.25) is 0 Å². The van der Waals surface area contributed by atoms with Crippen LogP contribution in [-0.2, 0) is 11.2 Å². The van der Waals surface area contributed by atoms with Gasteiger partial charge >= 0.3 is 0 Å². The van der Waals surface area contributed by atoms with Gasteiger partial charge in [0.05, 0.1) is 6.04 Å². The number of carbonyl (C=O) groups is 1. The predicted octanol–water partition coefficient (Wildman–Crippen LogP) is 2.67. The van der Waals surface area contributed by atoms with Gasteiger partial charge in [-0.25, -0.2) is 9.97 Å². The first-order valence-electron chi connectivity index (χ1n) is 7.93. The molecule has 2 aromatic rings. The molecule has 5 nitrogen and oxygen atoms in total. The molecule has 1 N–H and O–H groups in total. The summed E-state index contributed by atoms with van der Waals surface area (Å²) < 4.78 is 5.53. The molecule has 0 saturated carbocycles. The number of hydrogen-bond donors (Lipinski definition) is 1. The summed E-state index contributed by atoms with van der Waals surface area (Å²) in [5, 5.41) is 3.03. The Labute approximate surface area is 136 Å². The number of nitrogens with zero attached hydrogens (tertiary/aromatic N) is 2. The third kappa shape index (κ3) is 3.86. The van der Waals surface area contributed by atoms with Gasteiger partial charge in [-0.15, -0.1) is 0 Å². The zero-order valence-electron chi connectivity index (χ0n) is 13.5. The Hall–Kier alpha value is -2.43. The van der Waals surface area contributed by atoms with E-state index >= 15 is 0 Å². The third-order valence-electron chi connectivity index (χ3n) is 4.03. The molecule has 1 aliphatic carbocycles. The highest BCUT2D eigenvalue weighted by molar-refractivity contribution is 5.78. The Kier molecular flexibility index (Phi) is 4.55. The number of fused-ring (bicyclic) bond motifs is 1. The van der Waals surface area contributed by atoms with Gasteiger partial charge in [0.15, 0.2) is 6.61 Å². The molecule has 0 spiro atoms. The van der Waals surface area contributed by atoms with E-state index in [4.69, 9.17) is 4.74 Å². The Morgan fingerprint density at radius 1 is 1.30 bits per heavy atom. The van der Waals surface area contributed by atoms with Crippen molar-refractivity contribution >= 4 is 5.91 Å². The lowest BCUT2D eigenvalue weighted by Gasteiger charge is -2.25. The number of carbonyl (C=O) groups excluding carboxylic acids is 1. The van der Waals surface area contributed by atoms with Crippen molar-refractivity contribution in [2.45, 2.75) is 39.2 Å². The monoisotopic (exact) mass is 311 g/mol. The van der Waals surface area contributed by atoms with Crippen molar-refractivity contribution in [1.29, 1.82) is 0 Å². The van der Waals surface area contributed by atoms with Gasteiger partial charge in [0, 0.05) is 17.5 Å². The lowest BCUT2D eigenvalue weighted by molar-refractivity contribution is -0.124. The molecule has 1 aliphatic rings. The van der Waals surface area contributed by atoms with Crippen LogP contribution >= 0.6 is 0 Å². The first-order chi connectivity index (χ1) is 11.1. The summed E-state index contributed by atoms with van der Waals surface area (Å²) in [5.74, 6) is 1.36. The van der Waals surface area contributed by atoms with E-state index in [2.05, 4.69) is 15.3 Å². The van der Waals surface area contributed by atoms with E-state index in [1.54, 1.807) is 0 Å². The predicted molar refractivity (Wildman–Crippen MR) is 87.3 cm³/mol. The van der Waals surface area contributed by atoms with E-state index in [0.717, 1.165) is 41.9 Å². The zero-order chi connectivity index (χ0) is 16.2. The summed E-state index contributed by atoms with van der Waals surface area (Å²) >= 11 is 0. The van der Waals surface area contributed by atoms with Crippen molar-refractivity contribution in [3.05, 3.63) is 53.1 Å². The van der Waals surface area contributed by atoms with Crippen LogP contribution in [0.3, 0.4) is 0 Å². The molecular formula is C18H21N3O2. The second kappa shape index (κ2) is 6.77. The summed E-state index contributed by atoms with van der Waals surface area (Å²) in [4.78, 5) is 20.9. The number of benzene rings is 1. The van der Waals surface area contributed by atoms with E-state index < -0.39 is 0 Å². The quantitative estimate of drug-likeness (QED) is 0.943. The molecular weight excluding hydrogens is 290 g/mol. The molecule has 3 rings (SSSR count). The molecule has 0 bridgehead atoms. The first-order valence-corrected chi connectivity index (χ1v) is 7.93. The molecule has 1 amide bonds. The molecule has 0 fully saturated rings. The van der Waals surface area contributed by atoms with Gasteiger partial charge in [-0.3, -0.25) is 4.79 Å². The summed E-state index contributed by atoms with van der Waals surface area (Å²) in [6.07, 6.45) is 4.72. The lowest BCUT2D eigenvalue weighted by atomic mass is 9.92. The van der Waals surface area contributed by atoms with Crippen LogP contribution < -0.4 is 10.1 Å². The van der Waals surface area contributed by atoms with Crippen molar-refractivity contribution in [3.63, 3.8) is 0 Å². The van der Waals surface area contributed by atoms with E-state index in [1.165, 1.54) is 0 Å². The summed E-state index contributed by atoms with van der Waals surface area (Å²) in [5.41, 5.74) is 3.25. The molecule has 120 valence electrons. The van der Waals surface area contributed by atoms with E-state index in [1.807, 2.05) is 44.3 Å². The number of amides is 1. The Morgan fingerprint density at radius 2 is 2.09 bits per heavy atom. The van der Waals surface area contributed by atoms with Crippen molar-refractivity contribution in [1.82, 2.24) is 15.3 Å². The van der Waals surface area contributed by atoms with Crippen molar-refractivity contribution in [2.24, 2.45) is 0 Å². The average Bonchev–Trinajstić information content (AvgIpc) is 2.54. The van der Waals surface area contributed by atoms with Crippen LogP contribution in [-0.4, -0.2) is 22.5 Å². The first kappa shape index (κ1) is 15.5. The van der Waals surface area contributed by atoms with Crippen molar-refractivity contribution in [3.8, 4) is 5.75 Å². The second-order valence-corrected chi connectivity index (χ2v) is 5.93. The fraction of sp³-hybridized carbons (Fsp3) is 0.389. The van der Waals surface area contributed by atoms with Gasteiger partial charge in [-0.2, -0.15) is 0 Å². The highest BCUT2D eigenvalue weighted by Gasteiger charge is 2.23. The normalized spacial score (nSPS) is 16.5. The molecule has 23 heavy (non-hydrogen) atoms. The molecule has 1 aromatic heterocycles. The van der Waals surface area contributed by atoms with Crippen LogP contribution in [0.5, 0.6) is 5.75 Å². The third-order valence-corrected chi connectivity index (χ3v) is 4.03. The number of ether oxygens (including phenoxy) is 1. The van der Waals surface area contributed by atoms with Gasteiger partial charge in [-0.1, -0.05) is 17.7 Å². The molecule has 0 unspecified atom stereocenters. The molecule has 0 aliphatic heterocycles. The van der Waals surface area contributed by atoms with Crippen LogP contribution in [0.1, 0.15) is 41.5 Å². The number of rotatable bonds is 4. The highest BCUT2D eigenvalue weighted by atomic mass is 16.5. The average molecular weight is 311 g/mol. The minimum absolute atomic E-state index is 0.0155. The van der Waals surface area contributed by atoms with Gasteiger partial charge < -0.3 is 10.1 Å². The standard InChI is InChI=1S/C18H21N3O2/c1-12-6-8-14(9-7-12)23-11-18(22)21-17-5-3-4-16-15(17)10-19-13(2)20-16/h6-10,17H,3-5,11H2,1-2H3,(H,21,22)/t17-/m1/s1. The van der Waals surface area contributed by atoms with Gasteiger partial charge in [0.25, 0.3) is 5.91 Å². The summed E-state index contributed by atoms with van der Waals surface area (Å²) in [6, 6.07) is 7.65. The summed E-state index contributed by atoms with van der Waals surface area (Å²) in [7, 11) is 0. The second-order valence-electron chi connectivity index (χ2n) is 5.93. The minimum Gasteiger partial charge on any atom is -0.484 e. The Morgan fingerprint density at radius 3 is 2.87 bits per heavy atom. The minimum atomic E-state index is -0.121. The van der Waals surface area contributed by atoms with Crippen LogP contribution in [0.15, 0.2) is 30.5 Å². The molecule has 0 radical (unpaired) electrons. The lowest BCUT2D eigenvalue weighted by Crippen LogP contribution is -2.34. The van der Waals surface area contributed by atoms with Crippen molar-refractivity contribution < 1.29 is 9.53 Å². The molecule has 0 saturated heterocycles. The Bertz CT molecular complexity index is 698. The maximum absolute atomic E-state index is 12.2. The number of aryl methyl sites for hydroxylation is 3. The van der Waals surface area contributed by atoms with E-state index in [0.29, 0.717) is 5.75 Å². The number of hydrogen-bond acceptors (Lipinski definition) is 4. The fourth-order valence-corrected chi connectivity index (χ4v) is 2.82. The summed E-state index contributed by atoms with van der Waals surface area (Å²) in [6.45, 7) is 3.92. The van der Waals surface area contributed by atoms with Gasteiger partial charge in [-0.05, 0) is 45.2 Å². The molecule has 1 heterocycles. The number of nitrogens with one attached hydrogen (secondary N) is 1. The van der Waals surface area contributed by atoms with Gasteiger partial charge in [0.2, 0.25) is 0 Å². The van der Waals surface area contributed by atoms with Crippen LogP contribution in [0, 0.1) is 13.8 Å². The number of aromatic nitrogens is 2. The van der Waals surface area contributed by atoms with Crippen molar-refractivity contribution in [2.75, 3.05) is 6.61 Å². The van der Waals surface area contributed by atoms with Crippen LogP contribution in [0.25, 0.3) is 0 Å². The topological polar surface area (TPSA) is 64.1 Å². The smallest absolute Gasteiger partial charge is 0.258 e. The fourth-order valence-electron chi connectivity index (χ4n) is 2.82. The zero-order valence-corrected chi connectivity index (χ0v) is 13.5. The Balaban J connectivity index is 1.59. The maximum Gasteiger partial charge on any atom is 0.258 e. The van der Waals surface area contributed by atoms with Gasteiger partial charge in [0.1, 0.15) is 11.6 Å². The maximum atomic E-state index is 12.2. The largest absolute Gasteiger partial charge is 0.484 e. The van der Waals surface area contributed by atoms with E-state index in [-0.39, 0.29) is 18.6 Å². The SMILES string of the molecule is Cc1ccc(OCC(=O)N[C@@H]2CCCc3nc(C)ncc32)cc1. The van der Waals surface area contributed by atoms with E-state index in [9.17, 15) is 4.79 Å². The molecule has 5 heteroatoms.